The molecule has 0 saturated carbocycles. The Bertz CT molecular complexity index is 431. The molecule has 1 heterocycles. The van der Waals surface area contributed by atoms with Crippen LogP contribution in [0.15, 0.2) is 35.7 Å². The quantitative estimate of drug-likeness (QED) is 0.834. The minimum Gasteiger partial charge on any atom is -0.392 e. The molecule has 0 aliphatic heterocycles. The van der Waals surface area contributed by atoms with E-state index < -0.39 is 0 Å². The molecule has 0 atom stereocenters. The molecule has 0 spiro atoms. The van der Waals surface area contributed by atoms with E-state index in [0.29, 0.717) is 0 Å². The molecule has 15 heavy (non-hydrogen) atoms. The highest BCUT2D eigenvalue weighted by molar-refractivity contribution is 7.10. The van der Waals surface area contributed by atoms with Gasteiger partial charge in [0, 0.05) is 4.88 Å². The minimum absolute atomic E-state index is 0.0752. The molecule has 2 N–H and O–H groups in total. The molecule has 78 valence electrons. The van der Waals surface area contributed by atoms with Crippen LogP contribution in [0.2, 0.25) is 0 Å². The van der Waals surface area contributed by atoms with Crippen molar-refractivity contribution in [3.63, 3.8) is 0 Å². The zero-order valence-corrected chi connectivity index (χ0v) is 9.00. The maximum absolute atomic E-state index is 8.96. The fourth-order valence-electron chi connectivity index (χ4n) is 1.42. The number of benzene rings is 1. The number of hydrogen-bond acceptors (Lipinski definition) is 3. The van der Waals surface area contributed by atoms with Gasteiger partial charge in [0.15, 0.2) is 0 Å². The Morgan fingerprint density at radius 3 is 2.20 bits per heavy atom. The van der Waals surface area contributed by atoms with Crippen LogP contribution in [0.25, 0.3) is 11.1 Å². The lowest BCUT2D eigenvalue weighted by Crippen LogP contribution is -1.82. The van der Waals surface area contributed by atoms with Crippen LogP contribution in [-0.2, 0) is 13.2 Å². The molecule has 1 aromatic carbocycles. The first-order valence-corrected chi connectivity index (χ1v) is 5.60. The molecule has 0 aliphatic rings. The highest BCUT2D eigenvalue weighted by Crippen LogP contribution is 2.25. The summed E-state index contributed by atoms with van der Waals surface area (Å²) in [6, 6.07) is 9.76. The Hall–Kier alpha value is -1.16. The van der Waals surface area contributed by atoms with E-state index in [2.05, 4.69) is 0 Å². The normalized spacial score (nSPS) is 10.5. The lowest BCUT2D eigenvalue weighted by atomic mass is 10.1. The van der Waals surface area contributed by atoms with Gasteiger partial charge in [-0.25, -0.2) is 0 Å². The SMILES string of the molecule is OCc1ccc(-c2csc(CO)c2)cc1. The van der Waals surface area contributed by atoms with Crippen molar-refractivity contribution in [3.05, 3.63) is 46.2 Å². The topological polar surface area (TPSA) is 40.5 Å². The van der Waals surface area contributed by atoms with Crippen LogP contribution in [0.3, 0.4) is 0 Å². The summed E-state index contributed by atoms with van der Waals surface area (Å²) in [4.78, 5) is 0.969. The maximum Gasteiger partial charge on any atom is 0.0774 e. The standard InChI is InChI=1S/C12H12O2S/c13-6-9-1-3-10(4-2-9)11-5-12(7-14)15-8-11/h1-5,8,13-14H,6-7H2. The smallest absolute Gasteiger partial charge is 0.0774 e. The second-order valence-electron chi connectivity index (χ2n) is 3.31. The van der Waals surface area contributed by atoms with Crippen molar-refractivity contribution in [2.24, 2.45) is 0 Å². The van der Waals surface area contributed by atoms with Crippen LogP contribution in [0.1, 0.15) is 10.4 Å². The number of aliphatic hydroxyl groups excluding tert-OH is 2. The van der Waals surface area contributed by atoms with Crippen LogP contribution in [0, 0.1) is 0 Å². The molecule has 3 heteroatoms. The molecule has 0 fully saturated rings. The summed E-state index contributed by atoms with van der Waals surface area (Å²) in [5, 5.41) is 19.9. The lowest BCUT2D eigenvalue weighted by Gasteiger charge is -1.99. The van der Waals surface area contributed by atoms with Gasteiger partial charge in [-0.3, -0.25) is 0 Å². The monoisotopic (exact) mass is 220 g/mol. The van der Waals surface area contributed by atoms with E-state index in [0.717, 1.165) is 21.6 Å². The number of aliphatic hydroxyl groups is 2. The number of thiophene rings is 1. The summed E-state index contributed by atoms with van der Waals surface area (Å²) in [5.74, 6) is 0. The summed E-state index contributed by atoms with van der Waals surface area (Å²) < 4.78 is 0. The predicted octanol–water partition coefficient (Wildman–Crippen LogP) is 2.40. The Morgan fingerprint density at radius 2 is 1.67 bits per heavy atom. The molecular weight excluding hydrogens is 208 g/mol. The first-order chi connectivity index (χ1) is 7.33. The van der Waals surface area contributed by atoms with Crippen LogP contribution >= 0.6 is 11.3 Å². The molecule has 0 saturated heterocycles. The van der Waals surface area contributed by atoms with Crippen molar-refractivity contribution in [2.45, 2.75) is 13.2 Å². The summed E-state index contributed by atoms with van der Waals surface area (Å²) in [7, 11) is 0. The molecule has 0 amide bonds. The third-order valence-electron chi connectivity index (χ3n) is 2.28. The zero-order chi connectivity index (χ0) is 10.7. The van der Waals surface area contributed by atoms with Crippen LogP contribution in [0.4, 0.5) is 0 Å². The predicted molar refractivity (Wildman–Crippen MR) is 61.6 cm³/mol. The van der Waals surface area contributed by atoms with Gasteiger partial charge < -0.3 is 10.2 Å². The maximum atomic E-state index is 8.96. The zero-order valence-electron chi connectivity index (χ0n) is 8.18. The van der Waals surface area contributed by atoms with Crippen molar-refractivity contribution in [3.8, 4) is 11.1 Å². The van der Waals surface area contributed by atoms with E-state index in [4.69, 9.17) is 10.2 Å². The average Bonchev–Trinajstić information content (AvgIpc) is 2.78. The second-order valence-corrected chi connectivity index (χ2v) is 4.31. The Kier molecular flexibility index (Phi) is 3.16. The minimum atomic E-state index is 0.0752. The van der Waals surface area contributed by atoms with Gasteiger partial charge in [0.2, 0.25) is 0 Å². The van der Waals surface area contributed by atoms with Crippen molar-refractivity contribution >= 4 is 11.3 Å². The van der Waals surface area contributed by atoms with Gasteiger partial charge in [0.25, 0.3) is 0 Å². The molecule has 0 unspecified atom stereocenters. The Balaban J connectivity index is 2.28. The van der Waals surface area contributed by atoms with Gasteiger partial charge in [-0.1, -0.05) is 24.3 Å². The Morgan fingerprint density at radius 1 is 0.933 bits per heavy atom. The van der Waals surface area contributed by atoms with Gasteiger partial charge >= 0.3 is 0 Å². The number of hydrogen-bond donors (Lipinski definition) is 2. The molecule has 0 bridgehead atoms. The van der Waals surface area contributed by atoms with Crippen molar-refractivity contribution in [1.29, 1.82) is 0 Å². The van der Waals surface area contributed by atoms with Gasteiger partial charge in [-0.15, -0.1) is 11.3 Å². The van der Waals surface area contributed by atoms with Crippen molar-refractivity contribution in [2.75, 3.05) is 0 Å². The average molecular weight is 220 g/mol. The molecule has 2 nitrogen and oxygen atoms in total. The first-order valence-electron chi connectivity index (χ1n) is 4.72. The van der Waals surface area contributed by atoms with Crippen LogP contribution in [-0.4, -0.2) is 10.2 Å². The number of rotatable bonds is 3. The fraction of sp³-hybridized carbons (Fsp3) is 0.167. The largest absolute Gasteiger partial charge is 0.392 e. The molecule has 0 radical (unpaired) electrons. The summed E-state index contributed by atoms with van der Waals surface area (Å²) >= 11 is 1.55. The van der Waals surface area contributed by atoms with Crippen molar-refractivity contribution < 1.29 is 10.2 Å². The van der Waals surface area contributed by atoms with E-state index in [9.17, 15) is 0 Å². The molecule has 0 aliphatic carbocycles. The lowest BCUT2D eigenvalue weighted by molar-refractivity contribution is 0.282. The van der Waals surface area contributed by atoms with Crippen LogP contribution < -0.4 is 0 Å². The van der Waals surface area contributed by atoms with E-state index >= 15 is 0 Å². The van der Waals surface area contributed by atoms with Crippen LogP contribution in [0.5, 0.6) is 0 Å². The van der Waals surface area contributed by atoms with Gasteiger partial charge in [-0.05, 0) is 28.1 Å². The first kappa shape index (κ1) is 10.4. The molecular formula is C12H12O2S. The van der Waals surface area contributed by atoms with Gasteiger partial charge in [0.1, 0.15) is 0 Å². The molecule has 1 aromatic heterocycles. The third kappa shape index (κ3) is 2.26. The Labute approximate surface area is 92.4 Å². The van der Waals surface area contributed by atoms with E-state index in [1.807, 2.05) is 35.7 Å². The fourth-order valence-corrected chi connectivity index (χ4v) is 2.17. The van der Waals surface area contributed by atoms with E-state index in [-0.39, 0.29) is 13.2 Å². The van der Waals surface area contributed by atoms with E-state index in [1.165, 1.54) is 0 Å². The third-order valence-corrected chi connectivity index (χ3v) is 3.20. The summed E-state index contributed by atoms with van der Waals surface area (Å²) in [5.41, 5.74) is 3.15. The van der Waals surface area contributed by atoms with E-state index in [1.54, 1.807) is 11.3 Å². The molecule has 2 rings (SSSR count). The summed E-state index contributed by atoms with van der Waals surface area (Å²) in [6.07, 6.45) is 0. The van der Waals surface area contributed by atoms with Gasteiger partial charge in [0.05, 0.1) is 13.2 Å². The van der Waals surface area contributed by atoms with Crippen molar-refractivity contribution in [1.82, 2.24) is 0 Å². The van der Waals surface area contributed by atoms with Gasteiger partial charge in [-0.2, -0.15) is 0 Å². The highest BCUT2D eigenvalue weighted by Gasteiger charge is 2.01. The highest BCUT2D eigenvalue weighted by atomic mass is 32.1. The summed E-state index contributed by atoms with van der Waals surface area (Å²) in [6.45, 7) is 0.172. The molecule has 2 aromatic rings. The second kappa shape index (κ2) is 4.57.